The molecule has 0 spiro atoms. The number of rotatable bonds is 4. The zero-order chi connectivity index (χ0) is 20.4. The number of nitrogens with zero attached hydrogens (tertiary/aromatic N) is 1. The van der Waals surface area contributed by atoms with Gasteiger partial charge >= 0.3 is 0 Å². The maximum Gasteiger partial charge on any atom is 0.270 e. The van der Waals surface area contributed by atoms with Crippen LogP contribution in [-0.2, 0) is 9.59 Å². The number of hydrogen-bond donors (Lipinski definition) is 1. The van der Waals surface area contributed by atoms with Crippen molar-refractivity contribution in [3.8, 4) is 11.5 Å². The summed E-state index contributed by atoms with van der Waals surface area (Å²) in [7, 11) is 3.04. The molecule has 0 aromatic heterocycles. The van der Waals surface area contributed by atoms with E-state index in [1.807, 2.05) is 25.1 Å². The van der Waals surface area contributed by atoms with Crippen molar-refractivity contribution in [2.45, 2.75) is 6.92 Å². The molecule has 3 rings (SSSR count). The topological polar surface area (TPSA) is 67.9 Å². The number of para-hydroxylation sites is 1. The summed E-state index contributed by atoms with van der Waals surface area (Å²) in [6.45, 7) is 1.87. The Morgan fingerprint density at radius 1 is 1.14 bits per heavy atom. The van der Waals surface area contributed by atoms with Gasteiger partial charge in [0, 0.05) is 0 Å². The molecule has 0 saturated carbocycles. The largest absolute Gasteiger partial charge is 0.493 e. The molecule has 1 aliphatic heterocycles. The lowest BCUT2D eigenvalue weighted by molar-refractivity contribution is -0.122. The predicted molar refractivity (Wildman–Crippen MR) is 115 cm³/mol. The smallest absolute Gasteiger partial charge is 0.270 e. The molecule has 2 aromatic carbocycles. The molecular weight excluding hydrogens is 444 g/mol. The summed E-state index contributed by atoms with van der Waals surface area (Å²) in [5, 5.41) is 2.63. The highest BCUT2D eigenvalue weighted by Gasteiger charge is 2.35. The maximum atomic E-state index is 13.1. The van der Waals surface area contributed by atoms with Crippen LogP contribution in [0.25, 0.3) is 6.08 Å². The van der Waals surface area contributed by atoms with Crippen LogP contribution in [0.1, 0.15) is 11.1 Å². The highest BCUT2D eigenvalue weighted by Crippen LogP contribution is 2.37. The van der Waals surface area contributed by atoms with Crippen molar-refractivity contribution < 1.29 is 19.1 Å². The summed E-state index contributed by atoms with van der Waals surface area (Å²) in [6, 6.07) is 10.7. The van der Waals surface area contributed by atoms with E-state index in [-0.39, 0.29) is 10.7 Å². The Labute approximate surface area is 176 Å². The van der Waals surface area contributed by atoms with Crippen LogP contribution in [0.2, 0.25) is 0 Å². The van der Waals surface area contributed by atoms with Crippen molar-refractivity contribution in [2.24, 2.45) is 0 Å². The lowest BCUT2D eigenvalue weighted by Crippen LogP contribution is -2.54. The van der Waals surface area contributed by atoms with Gasteiger partial charge in [0.05, 0.1) is 24.4 Å². The molecule has 0 unspecified atom stereocenters. The number of thiocarbonyl (C=S) groups is 1. The Balaban J connectivity index is 2.07. The maximum absolute atomic E-state index is 13.1. The summed E-state index contributed by atoms with van der Waals surface area (Å²) in [5.41, 5.74) is 2.05. The molecule has 1 aliphatic rings. The number of benzene rings is 2. The van der Waals surface area contributed by atoms with Crippen LogP contribution in [0.5, 0.6) is 11.5 Å². The van der Waals surface area contributed by atoms with Gasteiger partial charge in [0.15, 0.2) is 16.6 Å². The van der Waals surface area contributed by atoms with Crippen LogP contribution in [0.3, 0.4) is 0 Å². The van der Waals surface area contributed by atoms with Gasteiger partial charge in [-0.3, -0.25) is 19.8 Å². The molecule has 2 aromatic rings. The second-order valence-corrected chi connectivity index (χ2v) is 7.22. The number of hydrogen-bond acceptors (Lipinski definition) is 5. The van der Waals surface area contributed by atoms with Gasteiger partial charge in [0.25, 0.3) is 11.8 Å². The molecule has 0 aliphatic carbocycles. The quantitative estimate of drug-likeness (QED) is 0.428. The number of carbonyl (C=O) groups excluding carboxylic acids is 2. The minimum absolute atomic E-state index is 0.0315. The third-order valence-electron chi connectivity index (χ3n) is 4.22. The molecule has 2 amide bonds. The van der Waals surface area contributed by atoms with Gasteiger partial charge in [-0.1, -0.05) is 18.2 Å². The van der Waals surface area contributed by atoms with Gasteiger partial charge in [-0.05, 0) is 70.5 Å². The average Bonchev–Trinajstić information content (AvgIpc) is 2.66. The SMILES string of the molecule is COc1cc(/C=C2/C(=O)NC(=S)N(c3ccccc3C)C2=O)cc(Br)c1OC. The van der Waals surface area contributed by atoms with Crippen LogP contribution in [0.15, 0.2) is 46.4 Å². The minimum atomic E-state index is -0.550. The fourth-order valence-electron chi connectivity index (χ4n) is 2.88. The number of ether oxygens (including phenoxy) is 2. The van der Waals surface area contributed by atoms with E-state index in [9.17, 15) is 9.59 Å². The zero-order valence-corrected chi connectivity index (χ0v) is 17.8. The third-order valence-corrected chi connectivity index (χ3v) is 5.10. The monoisotopic (exact) mass is 460 g/mol. The molecule has 1 heterocycles. The van der Waals surface area contributed by atoms with Gasteiger partial charge in [-0.25, -0.2) is 0 Å². The standard InChI is InChI=1S/C20H17BrN2O4S/c1-11-6-4-5-7-15(11)23-19(25)13(18(24)22-20(23)28)8-12-9-14(21)17(27-3)16(10-12)26-2/h4-10H,1-3H3,(H,22,24,28)/b13-8-. The zero-order valence-electron chi connectivity index (χ0n) is 15.4. The lowest BCUT2D eigenvalue weighted by atomic mass is 10.1. The second-order valence-electron chi connectivity index (χ2n) is 5.98. The van der Waals surface area contributed by atoms with Crippen LogP contribution >= 0.6 is 28.1 Å². The molecule has 0 atom stereocenters. The molecule has 0 radical (unpaired) electrons. The van der Waals surface area contributed by atoms with Gasteiger partial charge in [-0.2, -0.15) is 0 Å². The van der Waals surface area contributed by atoms with Crippen LogP contribution in [0, 0.1) is 6.92 Å². The van der Waals surface area contributed by atoms with Crippen molar-refractivity contribution in [2.75, 3.05) is 19.1 Å². The van der Waals surface area contributed by atoms with E-state index in [0.717, 1.165) is 5.56 Å². The number of anilines is 1. The number of halogens is 1. The molecule has 1 N–H and O–H groups in total. The molecular formula is C20H17BrN2O4S. The first kappa shape index (κ1) is 20.0. The Bertz CT molecular complexity index is 1020. The number of carbonyl (C=O) groups is 2. The summed E-state index contributed by atoms with van der Waals surface area (Å²) < 4.78 is 11.3. The summed E-state index contributed by atoms with van der Waals surface area (Å²) in [6.07, 6.45) is 1.50. The van der Waals surface area contributed by atoms with E-state index in [1.165, 1.54) is 25.2 Å². The lowest BCUT2D eigenvalue weighted by Gasteiger charge is -2.30. The van der Waals surface area contributed by atoms with Gasteiger partial charge in [-0.15, -0.1) is 0 Å². The van der Waals surface area contributed by atoms with Crippen molar-refractivity contribution in [1.29, 1.82) is 0 Å². The van der Waals surface area contributed by atoms with Gasteiger partial charge < -0.3 is 9.47 Å². The first-order valence-corrected chi connectivity index (χ1v) is 9.46. The predicted octanol–water partition coefficient (Wildman–Crippen LogP) is 3.61. The van der Waals surface area contributed by atoms with Crippen molar-refractivity contribution >= 4 is 56.8 Å². The molecule has 6 nitrogen and oxygen atoms in total. The number of aryl methyl sites for hydroxylation is 1. The van der Waals surface area contributed by atoms with Crippen molar-refractivity contribution in [1.82, 2.24) is 5.32 Å². The van der Waals surface area contributed by atoms with E-state index in [1.54, 1.807) is 18.2 Å². The molecule has 0 bridgehead atoms. The van der Waals surface area contributed by atoms with Crippen LogP contribution in [-0.4, -0.2) is 31.1 Å². The number of amides is 2. The second kappa shape index (κ2) is 8.12. The Hall–Kier alpha value is -2.71. The fourth-order valence-corrected chi connectivity index (χ4v) is 3.77. The Morgan fingerprint density at radius 3 is 2.50 bits per heavy atom. The molecule has 8 heteroatoms. The Kier molecular flexibility index (Phi) is 5.81. The number of nitrogens with one attached hydrogen (secondary N) is 1. The van der Waals surface area contributed by atoms with Gasteiger partial charge in [0.1, 0.15) is 5.57 Å². The van der Waals surface area contributed by atoms with E-state index in [2.05, 4.69) is 21.2 Å². The van der Waals surface area contributed by atoms with E-state index < -0.39 is 11.8 Å². The van der Waals surface area contributed by atoms with E-state index in [0.29, 0.717) is 27.2 Å². The summed E-state index contributed by atoms with van der Waals surface area (Å²) in [5.74, 6) is -0.0508. The highest BCUT2D eigenvalue weighted by molar-refractivity contribution is 9.10. The van der Waals surface area contributed by atoms with Crippen LogP contribution < -0.4 is 19.7 Å². The molecule has 1 fully saturated rings. The highest BCUT2D eigenvalue weighted by atomic mass is 79.9. The molecule has 28 heavy (non-hydrogen) atoms. The molecule has 144 valence electrons. The fraction of sp³-hybridized carbons (Fsp3) is 0.150. The first-order valence-electron chi connectivity index (χ1n) is 8.26. The summed E-state index contributed by atoms with van der Waals surface area (Å²) in [4.78, 5) is 26.9. The van der Waals surface area contributed by atoms with E-state index >= 15 is 0 Å². The minimum Gasteiger partial charge on any atom is -0.493 e. The van der Waals surface area contributed by atoms with Crippen LogP contribution in [0.4, 0.5) is 5.69 Å². The van der Waals surface area contributed by atoms with E-state index in [4.69, 9.17) is 21.7 Å². The first-order chi connectivity index (χ1) is 13.4. The van der Waals surface area contributed by atoms with Crippen molar-refractivity contribution in [3.05, 3.63) is 57.6 Å². The third kappa shape index (κ3) is 3.65. The average molecular weight is 461 g/mol. The molecule has 1 saturated heterocycles. The normalized spacial score (nSPS) is 15.6. The van der Waals surface area contributed by atoms with Gasteiger partial charge in [0.2, 0.25) is 0 Å². The Morgan fingerprint density at radius 2 is 1.86 bits per heavy atom. The van der Waals surface area contributed by atoms with Crippen molar-refractivity contribution in [3.63, 3.8) is 0 Å². The summed E-state index contributed by atoms with van der Waals surface area (Å²) >= 11 is 8.65. The number of methoxy groups -OCH3 is 2.